The monoisotopic (exact) mass is 316 g/mol. The normalized spacial score (nSPS) is 20.3. The summed E-state index contributed by atoms with van der Waals surface area (Å²) in [5, 5.41) is 28.1. The van der Waals surface area contributed by atoms with Gasteiger partial charge in [-0.1, -0.05) is 11.6 Å². The van der Waals surface area contributed by atoms with Gasteiger partial charge >= 0.3 is 7.05 Å². The molecule has 1 aliphatic heterocycles. The van der Waals surface area contributed by atoms with E-state index in [1.807, 2.05) is 0 Å². The number of aromatic nitrogens is 1. The van der Waals surface area contributed by atoms with E-state index >= 15 is 4.39 Å². The van der Waals surface area contributed by atoms with Crippen LogP contribution in [0.1, 0.15) is 30.2 Å². The van der Waals surface area contributed by atoms with Gasteiger partial charge in [-0.3, -0.25) is 4.98 Å². The van der Waals surface area contributed by atoms with Crippen molar-refractivity contribution in [1.29, 1.82) is 0 Å². The van der Waals surface area contributed by atoms with Crippen molar-refractivity contribution < 1.29 is 19.6 Å². The average molecular weight is 317 g/mol. The van der Waals surface area contributed by atoms with Crippen LogP contribution in [0.2, 0.25) is 11.8 Å². The van der Waals surface area contributed by atoms with Crippen LogP contribution in [0.25, 0.3) is 0 Å². The summed E-state index contributed by atoms with van der Waals surface area (Å²) in [5.74, 6) is 0. The van der Waals surface area contributed by atoms with Gasteiger partial charge in [0.15, 0.2) is 5.67 Å². The van der Waals surface area contributed by atoms with Gasteiger partial charge in [0.1, 0.15) is 6.10 Å². The smallest absolute Gasteiger partial charge is 0.376 e. The molecule has 116 valence electrons. The maximum atomic E-state index is 15.0. The molecule has 1 saturated heterocycles. The molecule has 3 N–H and O–H groups in total. The molecular formula is C13H19BClFN2O3. The van der Waals surface area contributed by atoms with Crippen molar-refractivity contribution in [2.75, 3.05) is 19.7 Å². The van der Waals surface area contributed by atoms with Crippen LogP contribution in [0, 0.1) is 0 Å². The number of piperidine rings is 1. The van der Waals surface area contributed by atoms with Gasteiger partial charge in [-0.15, -0.1) is 0 Å². The van der Waals surface area contributed by atoms with Crippen molar-refractivity contribution in [1.82, 2.24) is 9.79 Å². The molecule has 0 saturated carbocycles. The topological polar surface area (TPSA) is 76.8 Å². The lowest BCUT2D eigenvalue weighted by molar-refractivity contribution is 0.0758. The van der Waals surface area contributed by atoms with Gasteiger partial charge in [-0.25, -0.2) is 4.39 Å². The third-order valence-corrected chi connectivity index (χ3v) is 4.25. The fraction of sp³-hybridized carbons (Fsp3) is 0.615. The Morgan fingerprint density at radius 1 is 1.52 bits per heavy atom. The molecule has 0 amide bonds. The molecule has 8 heteroatoms. The molecule has 1 aliphatic rings. The number of hydrogen-bond acceptors (Lipinski definition) is 5. The molecule has 1 aromatic rings. The lowest BCUT2D eigenvalue weighted by atomic mass is 9.79. The average Bonchev–Trinajstić information content (AvgIpc) is 2.46. The van der Waals surface area contributed by atoms with Crippen molar-refractivity contribution in [2.45, 2.75) is 31.4 Å². The van der Waals surface area contributed by atoms with Gasteiger partial charge in [0.2, 0.25) is 0 Å². The van der Waals surface area contributed by atoms with E-state index in [0.29, 0.717) is 18.7 Å². The molecule has 0 aromatic carbocycles. The fourth-order valence-electron chi connectivity index (χ4n) is 2.56. The van der Waals surface area contributed by atoms with E-state index in [0.717, 1.165) is 0 Å². The van der Waals surface area contributed by atoms with Crippen molar-refractivity contribution >= 4 is 18.7 Å². The Morgan fingerprint density at radius 2 is 2.14 bits per heavy atom. The number of aliphatic hydroxyl groups excluding tert-OH is 2. The molecule has 2 heterocycles. The standard InChI is InChI=1S/C13H19BClFN2O3/c1-14(21)18-4-2-13(16,3-5-18)12-10(15)6-9(7-17-12)11(20)8-19/h6-7,11,19-21H,2-5,8H2,1H3/t11-/m1/s1. The van der Waals surface area contributed by atoms with E-state index in [1.54, 1.807) is 11.6 Å². The highest BCUT2D eigenvalue weighted by molar-refractivity contribution is 6.45. The quantitative estimate of drug-likeness (QED) is 0.726. The Balaban J connectivity index is 2.18. The van der Waals surface area contributed by atoms with Crippen LogP contribution >= 0.6 is 11.6 Å². The van der Waals surface area contributed by atoms with Crippen LogP contribution in [0.4, 0.5) is 4.39 Å². The summed E-state index contributed by atoms with van der Waals surface area (Å²) in [6.45, 7) is 2.06. The van der Waals surface area contributed by atoms with E-state index in [-0.39, 0.29) is 23.6 Å². The van der Waals surface area contributed by atoms with Crippen LogP contribution in [0.5, 0.6) is 0 Å². The second kappa shape index (κ2) is 6.58. The van der Waals surface area contributed by atoms with Gasteiger partial charge < -0.3 is 20.0 Å². The summed E-state index contributed by atoms with van der Waals surface area (Å²) < 4.78 is 15.0. The molecule has 5 nitrogen and oxygen atoms in total. The Morgan fingerprint density at radius 3 is 2.62 bits per heavy atom. The Labute approximate surface area is 128 Å². The maximum absolute atomic E-state index is 15.0. The molecule has 21 heavy (non-hydrogen) atoms. The highest BCUT2D eigenvalue weighted by Crippen LogP contribution is 2.39. The lowest BCUT2D eigenvalue weighted by Gasteiger charge is -2.37. The van der Waals surface area contributed by atoms with Gasteiger partial charge in [0, 0.05) is 11.8 Å². The third kappa shape index (κ3) is 3.55. The second-order valence-electron chi connectivity index (χ2n) is 5.43. The summed E-state index contributed by atoms with van der Waals surface area (Å²) in [6.07, 6.45) is 0.667. The molecule has 2 rings (SSSR count). The number of aliphatic hydroxyl groups is 2. The van der Waals surface area contributed by atoms with Crippen molar-refractivity contribution in [2.24, 2.45) is 0 Å². The largest absolute Gasteiger partial charge is 0.437 e. The van der Waals surface area contributed by atoms with E-state index < -0.39 is 25.4 Å². The van der Waals surface area contributed by atoms with E-state index in [1.165, 1.54) is 12.3 Å². The Hall–Kier alpha value is -0.725. The van der Waals surface area contributed by atoms with Gasteiger partial charge in [0.25, 0.3) is 0 Å². The zero-order valence-corrected chi connectivity index (χ0v) is 12.6. The van der Waals surface area contributed by atoms with Crippen molar-refractivity contribution in [3.8, 4) is 0 Å². The number of hydrogen-bond donors (Lipinski definition) is 3. The first-order chi connectivity index (χ1) is 9.87. The predicted molar refractivity (Wildman–Crippen MR) is 78.7 cm³/mol. The van der Waals surface area contributed by atoms with Gasteiger partial charge in [0.05, 0.1) is 17.3 Å². The van der Waals surface area contributed by atoms with Crippen LogP contribution in [-0.2, 0) is 5.67 Å². The van der Waals surface area contributed by atoms with Crippen molar-refractivity contribution in [3.63, 3.8) is 0 Å². The minimum atomic E-state index is -1.63. The number of halogens is 2. The molecule has 0 bridgehead atoms. The number of pyridine rings is 1. The molecule has 0 aliphatic carbocycles. The summed E-state index contributed by atoms with van der Waals surface area (Å²) >= 11 is 6.09. The van der Waals surface area contributed by atoms with Crippen LogP contribution in [0.3, 0.4) is 0 Å². The summed E-state index contributed by atoms with van der Waals surface area (Å²) in [4.78, 5) is 5.84. The third-order valence-electron chi connectivity index (χ3n) is 3.96. The number of nitrogens with zero attached hydrogens (tertiary/aromatic N) is 2. The molecular weight excluding hydrogens is 297 g/mol. The van der Waals surface area contributed by atoms with Gasteiger partial charge in [-0.2, -0.15) is 0 Å². The van der Waals surface area contributed by atoms with Crippen LogP contribution in [-0.4, -0.2) is 51.8 Å². The zero-order chi connectivity index (χ0) is 15.6. The van der Waals surface area contributed by atoms with Crippen LogP contribution in [0.15, 0.2) is 12.3 Å². The summed E-state index contributed by atoms with van der Waals surface area (Å²) in [5.41, 5.74) is -1.12. The van der Waals surface area contributed by atoms with Crippen molar-refractivity contribution in [3.05, 3.63) is 28.5 Å². The number of rotatable bonds is 4. The summed E-state index contributed by atoms with van der Waals surface area (Å²) in [7, 11) is -0.597. The maximum Gasteiger partial charge on any atom is 0.376 e. The molecule has 0 unspecified atom stereocenters. The Kier molecular flexibility index (Phi) is 5.22. The first kappa shape index (κ1) is 16.6. The lowest BCUT2D eigenvalue weighted by Crippen LogP contribution is -2.47. The highest BCUT2D eigenvalue weighted by atomic mass is 35.5. The van der Waals surface area contributed by atoms with E-state index in [2.05, 4.69) is 4.98 Å². The molecule has 0 spiro atoms. The predicted octanol–water partition coefficient (Wildman–Crippen LogP) is 1.13. The number of alkyl halides is 1. The van der Waals surface area contributed by atoms with Crippen LogP contribution < -0.4 is 0 Å². The molecule has 1 atom stereocenters. The first-order valence-corrected chi connectivity index (χ1v) is 7.31. The molecule has 1 fully saturated rings. The van der Waals surface area contributed by atoms with Gasteiger partial charge in [-0.05, 0) is 38.8 Å². The summed E-state index contributed by atoms with van der Waals surface area (Å²) in [6, 6.07) is 1.44. The fourth-order valence-corrected chi connectivity index (χ4v) is 2.90. The zero-order valence-electron chi connectivity index (χ0n) is 11.8. The minimum Gasteiger partial charge on any atom is -0.437 e. The molecule has 0 radical (unpaired) electrons. The van der Waals surface area contributed by atoms with E-state index in [4.69, 9.17) is 16.7 Å². The SMILES string of the molecule is CB(O)N1CCC(F)(c2ncc([C@H](O)CO)cc2Cl)CC1. The first-order valence-electron chi connectivity index (χ1n) is 6.93. The minimum absolute atomic E-state index is 0.146. The van der Waals surface area contributed by atoms with E-state index in [9.17, 15) is 10.1 Å². The molecule has 1 aromatic heterocycles. The highest BCUT2D eigenvalue weighted by Gasteiger charge is 2.40. The Bertz CT molecular complexity index is 498. The second-order valence-corrected chi connectivity index (χ2v) is 5.84.